The van der Waals surface area contributed by atoms with Gasteiger partial charge in [-0.25, -0.2) is 0 Å². The molecular weight excluding hydrogens is 392 g/mol. The van der Waals surface area contributed by atoms with Gasteiger partial charge in [-0.3, -0.25) is 9.59 Å². The molecule has 2 saturated heterocycles. The Balaban J connectivity index is 1.56. The third-order valence-electron chi connectivity index (χ3n) is 6.86. The molecule has 1 aromatic carbocycles. The van der Waals surface area contributed by atoms with E-state index in [9.17, 15) is 9.59 Å². The minimum Gasteiger partial charge on any atom is -0.494 e. The van der Waals surface area contributed by atoms with Crippen LogP contribution in [0.25, 0.3) is 0 Å². The van der Waals surface area contributed by atoms with Crippen molar-refractivity contribution in [1.29, 1.82) is 0 Å². The lowest BCUT2D eigenvalue weighted by atomic mass is 9.91. The van der Waals surface area contributed by atoms with Crippen molar-refractivity contribution in [3.8, 4) is 5.75 Å². The largest absolute Gasteiger partial charge is 0.494 e. The number of nitrogens with zero attached hydrogens (tertiary/aromatic N) is 2. The molecule has 6 heteroatoms. The number of carbonyl (C=O) groups is 2. The predicted octanol–water partition coefficient (Wildman–Crippen LogP) is 4.09. The first-order chi connectivity index (χ1) is 15.2. The molecular formula is C25H36N2O4. The Morgan fingerprint density at radius 1 is 1.03 bits per heavy atom. The van der Waals surface area contributed by atoms with E-state index in [0.717, 1.165) is 69.3 Å². The molecule has 0 radical (unpaired) electrons. The molecule has 1 aromatic rings. The molecule has 2 aliphatic heterocycles. The summed E-state index contributed by atoms with van der Waals surface area (Å²) in [6.07, 6.45) is 9.59. The first-order valence-electron chi connectivity index (χ1n) is 12.1. The number of ether oxygens (including phenoxy) is 2. The molecule has 2 heterocycles. The second-order valence-corrected chi connectivity index (χ2v) is 9.11. The molecule has 31 heavy (non-hydrogen) atoms. The van der Waals surface area contributed by atoms with Gasteiger partial charge >= 0.3 is 0 Å². The van der Waals surface area contributed by atoms with Gasteiger partial charge < -0.3 is 19.3 Å². The van der Waals surface area contributed by atoms with E-state index in [-0.39, 0.29) is 30.5 Å². The maximum absolute atomic E-state index is 13.7. The Labute approximate surface area is 185 Å². The second kappa shape index (κ2) is 10.5. The van der Waals surface area contributed by atoms with Crippen LogP contribution < -0.4 is 4.74 Å². The zero-order valence-corrected chi connectivity index (χ0v) is 18.8. The molecule has 3 aliphatic rings. The van der Waals surface area contributed by atoms with Gasteiger partial charge in [0.25, 0.3) is 5.91 Å². The average Bonchev–Trinajstić information content (AvgIpc) is 3.31. The first kappa shape index (κ1) is 22.1. The van der Waals surface area contributed by atoms with Gasteiger partial charge in [-0.05, 0) is 49.8 Å². The monoisotopic (exact) mass is 428 g/mol. The van der Waals surface area contributed by atoms with E-state index in [0.29, 0.717) is 13.2 Å². The Hall–Kier alpha value is -2.08. The molecule has 2 atom stereocenters. The quantitative estimate of drug-likeness (QED) is 0.585. The minimum atomic E-state index is -0.572. The third-order valence-corrected chi connectivity index (χ3v) is 6.86. The third kappa shape index (κ3) is 5.22. The van der Waals surface area contributed by atoms with Crippen LogP contribution in [-0.2, 0) is 14.3 Å². The molecule has 6 nitrogen and oxygen atoms in total. The van der Waals surface area contributed by atoms with E-state index >= 15 is 0 Å². The van der Waals surface area contributed by atoms with Crippen LogP contribution in [0, 0.1) is 0 Å². The molecule has 1 saturated carbocycles. The van der Waals surface area contributed by atoms with Crippen LogP contribution in [0.1, 0.15) is 76.3 Å². The van der Waals surface area contributed by atoms with Gasteiger partial charge in [0, 0.05) is 19.2 Å². The van der Waals surface area contributed by atoms with Crippen LogP contribution in [0.4, 0.5) is 0 Å². The summed E-state index contributed by atoms with van der Waals surface area (Å²) < 4.78 is 11.6. The molecule has 4 rings (SSSR count). The smallest absolute Gasteiger partial charge is 0.250 e. The molecule has 0 aromatic heterocycles. The summed E-state index contributed by atoms with van der Waals surface area (Å²) in [6.45, 7) is 4.26. The molecule has 0 N–H and O–H groups in total. The summed E-state index contributed by atoms with van der Waals surface area (Å²) in [5.74, 6) is 0.902. The van der Waals surface area contributed by atoms with Gasteiger partial charge in [0.1, 0.15) is 18.3 Å². The fraction of sp³-hybridized carbons (Fsp3) is 0.680. The maximum atomic E-state index is 13.7. The van der Waals surface area contributed by atoms with Crippen LogP contribution in [0.2, 0.25) is 0 Å². The van der Waals surface area contributed by atoms with Crippen LogP contribution in [0.3, 0.4) is 0 Å². The van der Waals surface area contributed by atoms with Crippen molar-refractivity contribution in [2.24, 2.45) is 0 Å². The van der Waals surface area contributed by atoms with Crippen molar-refractivity contribution in [2.45, 2.75) is 82.9 Å². The number of amides is 2. The highest BCUT2D eigenvalue weighted by Crippen LogP contribution is 2.34. The summed E-state index contributed by atoms with van der Waals surface area (Å²) in [5.41, 5.74) is 0.861. The number of hydrogen-bond acceptors (Lipinski definition) is 4. The Morgan fingerprint density at radius 3 is 2.48 bits per heavy atom. The summed E-state index contributed by atoms with van der Waals surface area (Å²) in [4.78, 5) is 30.6. The lowest BCUT2D eigenvalue weighted by Gasteiger charge is -2.45. The normalized spacial score (nSPS) is 25.3. The van der Waals surface area contributed by atoms with Crippen molar-refractivity contribution < 1.29 is 19.1 Å². The number of carbonyl (C=O) groups excluding carboxylic acids is 2. The topological polar surface area (TPSA) is 59.1 Å². The summed E-state index contributed by atoms with van der Waals surface area (Å²) in [5, 5.41) is 0. The van der Waals surface area contributed by atoms with E-state index in [1.165, 1.54) is 6.42 Å². The Kier molecular flexibility index (Phi) is 7.49. The Bertz CT molecular complexity index is 738. The molecule has 0 unspecified atom stereocenters. The molecule has 0 bridgehead atoms. The zero-order valence-electron chi connectivity index (χ0n) is 18.8. The van der Waals surface area contributed by atoms with E-state index in [2.05, 4.69) is 6.92 Å². The van der Waals surface area contributed by atoms with Gasteiger partial charge in [0.15, 0.2) is 0 Å². The van der Waals surface area contributed by atoms with Crippen molar-refractivity contribution in [1.82, 2.24) is 9.80 Å². The van der Waals surface area contributed by atoms with E-state index in [1.807, 2.05) is 29.2 Å². The first-order valence-corrected chi connectivity index (χ1v) is 12.1. The molecule has 2 amide bonds. The van der Waals surface area contributed by atoms with Crippen molar-refractivity contribution in [2.75, 3.05) is 26.3 Å². The van der Waals surface area contributed by atoms with Gasteiger partial charge in [-0.15, -0.1) is 0 Å². The van der Waals surface area contributed by atoms with E-state index in [4.69, 9.17) is 9.47 Å². The maximum Gasteiger partial charge on any atom is 0.250 e. The number of hydrogen-bond donors (Lipinski definition) is 0. The number of piperazine rings is 1. The van der Waals surface area contributed by atoms with Gasteiger partial charge in [-0.2, -0.15) is 0 Å². The SMILES string of the molecule is CCCCOc1ccc([C@@H]2C(=O)N(C3CCCCC3)CC(=O)N2C[C@@H]2CCCO2)cc1. The van der Waals surface area contributed by atoms with E-state index in [1.54, 1.807) is 4.90 Å². The summed E-state index contributed by atoms with van der Waals surface area (Å²) in [6, 6.07) is 7.36. The summed E-state index contributed by atoms with van der Waals surface area (Å²) >= 11 is 0. The van der Waals surface area contributed by atoms with Crippen LogP contribution in [0.5, 0.6) is 5.75 Å². The number of benzene rings is 1. The molecule has 170 valence electrons. The predicted molar refractivity (Wildman–Crippen MR) is 119 cm³/mol. The lowest BCUT2D eigenvalue weighted by Crippen LogP contribution is -2.59. The molecule has 1 aliphatic carbocycles. The highest BCUT2D eigenvalue weighted by atomic mass is 16.5. The van der Waals surface area contributed by atoms with Crippen LogP contribution >= 0.6 is 0 Å². The van der Waals surface area contributed by atoms with Crippen LogP contribution in [-0.4, -0.2) is 60.1 Å². The molecule has 3 fully saturated rings. The van der Waals surface area contributed by atoms with Gasteiger partial charge in [0.05, 0.1) is 12.7 Å². The fourth-order valence-electron chi connectivity index (χ4n) is 5.07. The van der Waals surface area contributed by atoms with Gasteiger partial charge in [0.2, 0.25) is 5.91 Å². The van der Waals surface area contributed by atoms with Crippen molar-refractivity contribution in [3.63, 3.8) is 0 Å². The number of unbranched alkanes of at least 4 members (excludes halogenated alkanes) is 1. The number of rotatable bonds is 8. The summed E-state index contributed by atoms with van der Waals surface area (Å²) in [7, 11) is 0. The zero-order chi connectivity index (χ0) is 21.6. The standard InChI is InChI=1S/C25H36N2O4/c1-2-3-15-30-21-13-11-19(12-14-21)24-25(29)26(20-8-5-4-6-9-20)18-23(28)27(24)17-22-10-7-16-31-22/h11-14,20,22,24H,2-10,15-18H2,1H3/t22-,24+/m0/s1. The van der Waals surface area contributed by atoms with Crippen molar-refractivity contribution >= 4 is 11.8 Å². The van der Waals surface area contributed by atoms with Crippen molar-refractivity contribution in [3.05, 3.63) is 29.8 Å². The Morgan fingerprint density at radius 2 is 1.81 bits per heavy atom. The highest BCUT2D eigenvalue weighted by molar-refractivity contribution is 5.95. The fourth-order valence-corrected chi connectivity index (χ4v) is 5.07. The minimum absolute atomic E-state index is 0.0251. The molecule has 0 spiro atoms. The highest BCUT2D eigenvalue weighted by Gasteiger charge is 2.43. The average molecular weight is 429 g/mol. The van der Waals surface area contributed by atoms with Gasteiger partial charge in [-0.1, -0.05) is 44.7 Å². The lowest BCUT2D eigenvalue weighted by molar-refractivity contribution is -0.160. The van der Waals surface area contributed by atoms with Crippen LogP contribution in [0.15, 0.2) is 24.3 Å². The van der Waals surface area contributed by atoms with E-state index < -0.39 is 6.04 Å². The second-order valence-electron chi connectivity index (χ2n) is 9.11.